The zero-order valence-electron chi connectivity index (χ0n) is 18.3. The van der Waals surface area contributed by atoms with Crippen molar-refractivity contribution in [1.82, 2.24) is 19.6 Å². The van der Waals surface area contributed by atoms with E-state index in [1.807, 2.05) is 18.5 Å². The van der Waals surface area contributed by atoms with Gasteiger partial charge in [-0.1, -0.05) is 12.1 Å². The topological polar surface area (TPSA) is 64.7 Å². The van der Waals surface area contributed by atoms with Crippen molar-refractivity contribution in [3.05, 3.63) is 98.2 Å². The number of anilines is 1. The van der Waals surface area contributed by atoms with Gasteiger partial charge in [-0.25, -0.2) is 22.0 Å². The van der Waals surface area contributed by atoms with Crippen LogP contribution in [0, 0.1) is 42.9 Å². The first-order valence-electron chi connectivity index (χ1n) is 10.2. The Hall–Kier alpha value is -3.54. The van der Waals surface area contributed by atoms with E-state index in [2.05, 4.69) is 31.4 Å². The number of rotatable bonds is 6. The molecule has 0 aliphatic heterocycles. The van der Waals surface area contributed by atoms with E-state index in [4.69, 9.17) is 0 Å². The van der Waals surface area contributed by atoms with Gasteiger partial charge in [0.1, 0.15) is 0 Å². The second kappa shape index (κ2) is 9.61. The van der Waals surface area contributed by atoms with Crippen LogP contribution in [0.1, 0.15) is 32.9 Å². The lowest BCUT2D eigenvalue weighted by Gasteiger charge is -2.08. The number of amides is 1. The molecule has 4 aromatic rings. The van der Waals surface area contributed by atoms with Crippen molar-refractivity contribution in [3.63, 3.8) is 0 Å². The molecule has 1 amide bonds. The molecule has 0 aliphatic carbocycles. The lowest BCUT2D eigenvalue weighted by molar-refractivity contribution is 0.102. The molecule has 0 radical (unpaired) electrons. The van der Waals surface area contributed by atoms with Crippen molar-refractivity contribution in [1.29, 1.82) is 0 Å². The van der Waals surface area contributed by atoms with Crippen LogP contribution in [-0.2, 0) is 13.1 Å². The van der Waals surface area contributed by atoms with E-state index in [1.54, 1.807) is 24.3 Å². The Morgan fingerprint density at radius 2 is 1.49 bits per heavy atom. The van der Waals surface area contributed by atoms with Crippen molar-refractivity contribution in [2.24, 2.45) is 0 Å². The summed E-state index contributed by atoms with van der Waals surface area (Å²) in [5, 5.41) is 10.9. The van der Waals surface area contributed by atoms with Gasteiger partial charge in [0.2, 0.25) is 5.82 Å². The summed E-state index contributed by atoms with van der Waals surface area (Å²) in [4.78, 5) is 12.5. The van der Waals surface area contributed by atoms with E-state index in [0.29, 0.717) is 12.1 Å². The molecule has 2 aromatic carbocycles. The van der Waals surface area contributed by atoms with Crippen LogP contribution in [0.15, 0.2) is 41.0 Å². The molecule has 1 N–H and O–H groups in total. The molecule has 0 saturated heterocycles. The minimum atomic E-state index is -2.23. The maximum atomic E-state index is 13.9. The minimum Gasteiger partial charge on any atom is -0.305 e. The molecule has 6 nitrogen and oxygen atoms in total. The fraction of sp³-hybridized carbons (Fsp3) is 0.174. The fourth-order valence-corrected chi connectivity index (χ4v) is 3.70. The van der Waals surface area contributed by atoms with Gasteiger partial charge in [-0.3, -0.25) is 14.2 Å². The van der Waals surface area contributed by atoms with Gasteiger partial charge >= 0.3 is 0 Å². The van der Waals surface area contributed by atoms with Crippen LogP contribution in [0.5, 0.6) is 0 Å². The zero-order valence-corrected chi connectivity index (χ0v) is 19.9. The van der Waals surface area contributed by atoms with Gasteiger partial charge in [-0.2, -0.15) is 10.2 Å². The molecular weight excluding hydrogens is 537 g/mol. The van der Waals surface area contributed by atoms with Crippen LogP contribution in [0.2, 0.25) is 0 Å². The zero-order chi connectivity index (χ0) is 25.4. The lowest BCUT2D eigenvalue weighted by atomic mass is 10.1. The van der Waals surface area contributed by atoms with Gasteiger partial charge in [0.15, 0.2) is 29.1 Å². The molecule has 0 fully saturated rings. The Morgan fingerprint density at radius 1 is 0.886 bits per heavy atom. The summed E-state index contributed by atoms with van der Waals surface area (Å²) in [5.41, 5.74) is 2.07. The number of halogens is 6. The predicted octanol–water partition coefficient (Wildman–Crippen LogP) is 5.50. The molecule has 4 rings (SSSR count). The van der Waals surface area contributed by atoms with E-state index in [1.165, 1.54) is 12.3 Å². The molecule has 0 bridgehead atoms. The van der Waals surface area contributed by atoms with Gasteiger partial charge in [0.25, 0.3) is 5.91 Å². The number of hydrogen-bond acceptors (Lipinski definition) is 3. The number of nitrogens with zero attached hydrogens (tertiary/aromatic N) is 4. The molecule has 182 valence electrons. The van der Waals surface area contributed by atoms with E-state index in [-0.39, 0.29) is 5.82 Å². The van der Waals surface area contributed by atoms with Crippen molar-refractivity contribution < 1.29 is 26.7 Å². The van der Waals surface area contributed by atoms with Gasteiger partial charge < -0.3 is 5.32 Å². The minimum absolute atomic E-state index is 0.0374. The number of nitrogens with one attached hydrogen (secondary N) is 1. The fourth-order valence-electron chi connectivity index (χ4n) is 3.42. The Kier molecular flexibility index (Phi) is 6.75. The predicted molar refractivity (Wildman–Crippen MR) is 120 cm³/mol. The van der Waals surface area contributed by atoms with Crippen LogP contribution < -0.4 is 5.32 Å². The number of aryl methyl sites for hydroxylation is 1. The monoisotopic (exact) mass is 553 g/mol. The second-order valence-electron chi connectivity index (χ2n) is 7.74. The summed E-state index contributed by atoms with van der Waals surface area (Å²) in [5.74, 6) is -10.6. The normalized spacial score (nSPS) is 11.2. The first-order valence-corrected chi connectivity index (χ1v) is 11.0. The third-order valence-corrected chi connectivity index (χ3v) is 6.49. The number of carbonyl (C=O) groups is 1. The van der Waals surface area contributed by atoms with E-state index in [9.17, 15) is 26.7 Å². The van der Waals surface area contributed by atoms with Crippen LogP contribution in [-0.4, -0.2) is 25.5 Å². The number of hydrogen-bond donors (Lipinski definition) is 1. The SMILES string of the molecule is Cc1nn(Cc2ccc(C(=O)Nc3ccn(Cc4c(F)c(F)c(F)c(F)c4F)n3)cc2)c(C)c1Br. The maximum absolute atomic E-state index is 13.9. The Bertz CT molecular complexity index is 1400. The smallest absolute Gasteiger partial charge is 0.256 e. The van der Waals surface area contributed by atoms with Crippen molar-refractivity contribution in [3.8, 4) is 0 Å². The van der Waals surface area contributed by atoms with E-state index >= 15 is 0 Å². The maximum Gasteiger partial charge on any atom is 0.256 e. The van der Waals surface area contributed by atoms with Crippen LogP contribution >= 0.6 is 15.9 Å². The van der Waals surface area contributed by atoms with E-state index in [0.717, 1.165) is 26.1 Å². The first-order chi connectivity index (χ1) is 16.6. The molecular formula is C23H17BrF5N5O. The van der Waals surface area contributed by atoms with Gasteiger partial charge in [0.05, 0.1) is 34.5 Å². The van der Waals surface area contributed by atoms with Crippen LogP contribution in [0.25, 0.3) is 0 Å². The van der Waals surface area contributed by atoms with Gasteiger partial charge in [-0.05, 0) is 47.5 Å². The quantitative estimate of drug-likeness (QED) is 0.195. The lowest BCUT2D eigenvalue weighted by Crippen LogP contribution is -2.14. The highest BCUT2D eigenvalue weighted by molar-refractivity contribution is 9.10. The summed E-state index contributed by atoms with van der Waals surface area (Å²) >= 11 is 3.48. The van der Waals surface area contributed by atoms with Gasteiger partial charge in [0, 0.05) is 17.8 Å². The van der Waals surface area contributed by atoms with Gasteiger partial charge in [-0.15, -0.1) is 0 Å². The molecule has 0 aliphatic rings. The highest BCUT2D eigenvalue weighted by Crippen LogP contribution is 2.24. The summed E-state index contributed by atoms with van der Waals surface area (Å²) in [7, 11) is 0. The molecule has 2 heterocycles. The summed E-state index contributed by atoms with van der Waals surface area (Å²) in [6.07, 6.45) is 1.24. The Morgan fingerprint density at radius 3 is 2.06 bits per heavy atom. The number of benzene rings is 2. The average Bonchev–Trinajstić information content (AvgIpc) is 3.38. The number of aromatic nitrogens is 4. The second-order valence-corrected chi connectivity index (χ2v) is 8.53. The highest BCUT2D eigenvalue weighted by atomic mass is 79.9. The van der Waals surface area contributed by atoms with Crippen LogP contribution in [0.3, 0.4) is 0 Å². The van der Waals surface area contributed by atoms with Crippen molar-refractivity contribution in [2.45, 2.75) is 26.9 Å². The summed E-state index contributed by atoms with van der Waals surface area (Å²) in [6.45, 7) is 3.63. The standard InChI is InChI=1S/C23H17BrF5N5O/c1-11-17(24)12(2)34(31-11)9-13-3-5-14(6-4-13)23(35)30-16-7-8-33(32-16)10-15-18(25)20(27)22(29)21(28)19(15)26/h3-8H,9-10H2,1-2H3,(H,30,32,35). The molecule has 35 heavy (non-hydrogen) atoms. The third kappa shape index (κ3) is 4.83. The average molecular weight is 554 g/mol. The van der Waals surface area contributed by atoms with Crippen LogP contribution in [0.4, 0.5) is 27.8 Å². The van der Waals surface area contributed by atoms with Crippen molar-refractivity contribution >= 4 is 27.7 Å². The molecule has 0 atom stereocenters. The molecule has 0 unspecified atom stereocenters. The largest absolute Gasteiger partial charge is 0.305 e. The molecule has 0 spiro atoms. The first kappa shape index (κ1) is 24.6. The number of carbonyl (C=O) groups excluding carboxylic acids is 1. The van der Waals surface area contributed by atoms with Crippen molar-refractivity contribution in [2.75, 3.05) is 5.32 Å². The molecule has 12 heteroatoms. The van der Waals surface area contributed by atoms with E-state index < -0.39 is 47.1 Å². The highest BCUT2D eigenvalue weighted by Gasteiger charge is 2.26. The molecule has 0 saturated carbocycles. The third-order valence-electron chi connectivity index (χ3n) is 5.34. The Balaban J connectivity index is 1.44. The summed E-state index contributed by atoms with van der Waals surface area (Å²) in [6, 6.07) is 8.13. The summed E-state index contributed by atoms with van der Waals surface area (Å²) < 4.78 is 71.5. The Labute approximate surface area is 204 Å². The molecule has 2 aromatic heterocycles.